The Kier molecular flexibility index (Phi) is 6.78. The SMILES string of the molecule is CCOC(=O)c1cc2cc(NC(=O)[C@H]3NCCO[C@@H]3C)ccc2s1.Cl. The van der Waals surface area contributed by atoms with Crippen LogP contribution >= 0.6 is 23.7 Å². The lowest BCUT2D eigenvalue weighted by Gasteiger charge is -2.29. The molecule has 0 bridgehead atoms. The minimum absolute atomic E-state index is 0. The Bertz CT molecular complexity index is 764. The van der Waals surface area contributed by atoms with Gasteiger partial charge in [0.1, 0.15) is 10.9 Å². The van der Waals surface area contributed by atoms with Crippen molar-refractivity contribution in [2.75, 3.05) is 25.1 Å². The van der Waals surface area contributed by atoms with Gasteiger partial charge in [0.15, 0.2) is 0 Å². The first-order valence-electron chi connectivity index (χ1n) is 7.95. The van der Waals surface area contributed by atoms with Crippen LogP contribution in [-0.4, -0.2) is 43.8 Å². The molecule has 1 aromatic heterocycles. The van der Waals surface area contributed by atoms with Gasteiger partial charge in [-0.2, -0.15) is 0 Å². The predicted molar refractivity (Wildman–Crippen MR) is 101 cm³/mol. The summed E-state index contributed by atoms with van der Waals surface area (Å²) in [6.45, 7) is 5.29. The monoisotopic (exact) mass is 384 g/mol. The average Bonchev–Trinajstić information content (AvgIpc) is 2.99. The van der Waals surface area contributed by atoms with Gasteiger partial charge in [0.25, 0.3) is 0 Å². The van der Waals surface area contributed by atoms with E-state index in [1.54, 1.807) is 13.0 Å². The number of carbonyl (C=O) groups excluding carboxylic acids is 2. The average molecular weight is 385 g/mol. The molecule has 1 aliphatic heterocycles. The third kappa shape index (κ3) is 4.49. The van der Waals surface area contributed by atoms with Crippen molar-refractivity contribution in [2.24, 2.45) is 0 Å². The summed E-state index contributed by atoms with van der Waals surface area (Å²) in [5, 5.41) is 6.97. The first-order valence-corrected chi connectivity index (χ1v) is 8.76. The Morgan fingerprint density at radius 3 is 2.92 bits per heavy atom. The third-order valence-electron chi connectivity index (χ3n) is 3.86. The van der Waals surface area contributed by atoms with Crippen molar-refractivity contribution in [3.05, 3.63) is 29.1 Å². The number of carbonyl (C=O) groups is 2. The number of thiophene rings is 1. The van der Waals surface area contributed by atoms with Gasteiger partial charge in [-0.05, 0) is 43.5 Å². The van der Waals surface area contributed by atoms with Gasteiger partial charge in [0.05, 0.1) is 19.3 Å². The molecule has 0 radical (unpaired) electrons. The molecule has 2 atom stereocenters. The van der Waals surface area contributed by atoms with E-state index in [2.05, 4.69) is 10.6 Å². The number of hydrogen-bond acceptors (Lipinski definition) is 6. The van der Waals surface area contributed by atoms with Crippen LogP contribution in [0.5, 0.6) is 0 Å². The molecule has 2 aromatic rings. The summed E-state index contributed by atoms with van der Waals surface area (Å²) in [7, 11) is 0. The standard InChI is InChI=1S/C17H20N2O4S.ClH/c1-3-22-17(21)14-9-11-8-12(4-5-13(11)24-14)19-16(20)15-10(2)23-7-6-18-15;/h4-5,8-10,15,18H,3,6-7H2,1-2H3,(H,19,20);1H/t10-,15+;/m1./s1. The van der Waals surface area contributed by atoms with Crippen molar-refractivity contribution in [1.29, 1.82) is 0 Å². The van der Waals surface area contributed by atoms with Crippen LogP contribution in [0.2, 0.25) is 0 Å². The number of ether oxygens (including phenoxy) is 2. The highest BCUT2D eigenvalue weighted by Gasteiger charge is 2.28. The van der Waals surface area contributed by atoms with E-state index in [0.29, 0.717) is 30.3 Å². The van der Waals surface area contributed by atoms with Gasteiger partial charge in [-0.25, -0.2) is 4.79 Å². The Labute approximate surface area is 156 Å². The summed E-state index contributed by atoms with van der Waals surface area (Å²) >= 11 is 1.38. The molecule has 25 heavy (non-hydrogen) atoms. The lowest BCUT2D eigenvalue weighted by atomic mass is 10.1. The fraction of sp³-hybridized carbons (Fsp3) is 0.412. The molecule has 136 valence electrons. The van der Waals surface area contributed by atoms with Crippen molar-refractivity contribution in [1.82, 2.24) is 5.32 Å². The Hall–Kier alpha value is -1.67. The van der Waals surface area contributed by atoms with Gasteiger partial charge in [0, 0.05) is 16.9 Å². The van der Waals surface area contributed by atoms with Gasteiger partial charge in [-0.15, -0.1) is 23.7 Å². The number of hydrogen-bond donors (Lipinski definition) is 2. The van der Waals surface area contributed by atoms with E-state index >= 15 is 0 Å². The molecule has 0 aliphatic carbocycles. The fourth-order valence-corrected chi connectivity index (χ4v) is 3.61. The van der Waals surface area contributed by atoms with E-state index < -0.39 is 0 Å². The van der Waals surface area contributed by atoms with Gasteiger partial charge in [-0.3, -0.25) is 4.79 Å². The highest BCUT2D eigenvalue weighted by Crippen LogP contribution is 2.28. The normalized spacial score (nSPS) is 19.9. The van der Waals surface area contributed by atoms with Crippen LogP contribution in [0.4, 0.5) is 5.69 Å². The van der Waals surface area contributed by atoms with E-state index in [0.717, 1.165) is 10.1 Å². The molecule has 1 aromatic carbocycles. The minimum Gasteiger partial charge on any atom is -0.462 e. The first kappa shape index (κ1) is 19.7. The molecule has 1 amide bonds. The van der Waals surface area contributed by atoms with E-state index in [1.165, 1.54) is 11.3 Å². The number of fused-ring (bicyclic) bond motifs is 1. The molecule has 1 fully saturated rings. The van der Waals surface area contributed by atoms with Gasteiger partial charge < -0.3 is 20.1 Å². The van der Waals surface area contributed by atoms with Crippen LogP contribution in [-0.2, 0) is 14.3 Å². The number of rotatable bonds is 4. The van der Waals surface area contributed by atoms with Crippen LogP contribution in [0.3, 0.4) is 0 Å². The molecule has 0 spiro atoms. The van der Waals surface area contributed by atoms with Gasteiger partial charge in [-0.1, -0.05) is 0 Å². The van der Waals surface area contributed by atoms with Crippen LogP contribution in [0, 0.1) is 0 Å². The van der Waals surface area contributed by atoms with Gasteiger partial charge in [0.2, 0.25) is 5.91 Å². The van der Waals surface area contributed by atoms with Crippen molar-refractivity contribution in [3.63, 3.8) is 0 Å². The lowest BCUT2D eigenvalue weighted by molar-refractivity contribution is -0.123. The predicted octanol–water partition coefficient (Wildman–Crippen LogP) is 2.82. The second kappa shape index (κ2) is 8.62. The summed E-state index contributed by atoms with van der Waals surface area (Å²) in [6.07, 6.45) is -0.168. The van der Waals surface area contributed by atoms with Gasteiger partial charge >= 0.3 is 5.97 Å². The zero-order valence-corrected chi connectivity index (χ0v) is 15.7. The van der Waals surface area contributed by atoms with E-state index in [1.807, 2.05) is 25.1 Å². The number of anilines is 1. The number of amides is 1. The molecule has 2 heterocycles. The summed E-state index contributed by atoms with van der Waals surface area (Å²) in [4.78, 5) is 24.8. The Morgan fingerprint density at radius 2 is 2.20 bits per heavy atom. The first-order chi connectivity index (χ1) is 11.6. The molecular weight excluding hydrogens is 364 g/mol. The molecule has 3 rings (SSSR count). The largest absolute Gasteiger partial charge is 0.462 e. The van der Waals surface area contributed by atoms with E-state index in [9.17, 15) is 9.59 Å². The van der Waals surface area contributed by atoms with Crippen LogP contribution in [0.25, 0.3) is 10.1 Å². The molecule has 2 N–H and O–H groups in total. The molecule has 0 unspecified atom stereocenters. The highest BCUT2D eigenvalue weighted by atomic mass is 35.5. The maximum atomic E-state index is 12.4. The lowest BCUT2D eigenvalue weighted by Crippen LogP contribution is -2.53. The number of halogens is 1. The quantitative estimate of drug-likeness (QED) is 0.793. The topological polar surface area (TPSA) is 76.7 Å². The van der Waals surface area contributed by atoms with Crippen molar-refractivity contribution in [2.45, 2.75) is 26.0 Å². The van der Waals surface area contributed by atoms with Crippen LogP contribution < -0.4 is 10.6 Å². The Morgan fingerprint density at radius 1 is 1.40 bits per heavy atom. The van der Waals surface area contributed by atoms with Crippen LogP contribution in [0.15, 0.2) is 24.3 Å². The number of benzene rings is 1. The zero-order chi connectivity index (χ0) is 17.1. The number of nitrogens with one attached hydrogen (secondary N) is 2. The molecule has 8 heteroatoms. The molecule has 0 saturated carbocycles. The highest BCUT2D eigenvalue weighted by molar-refractivity contribution is 7.20. The summed E-state index contributed by atoms with van der Waals surface area (Å²) in [5.41, 5.74) is 0.695. The molecule has 6 nitrogen and oxygen atoms in total. The summed E-state index contributed by atoms with van der Waals surface area (Å²) in [5.74, 6) is -0.441. The number of morpholine rings is 1. The summed E-state index contributed by atoms with van der Waals surface area (Å²) < 4.78 is 11.5. The Balaban J connectivity index is 0.00000225. The maximum Gasteiger partial charge on any atom is 0.348 e. The van der Waals surface area contributed by atoms with Crippen LogP contribution in [0.1, 0.15) is 23.5 Å². The molecule has 1 saturated heterocycles. The van der Waals surface area contributed by atoms with Crippen molar-refractivity contribution >= 4 is 51.4 Å². The maximum absolute atomic E-state index is 12.4. The second-order valence-electron chi connectivity index (χ2n) is 5.58. The third-order valence-corrected chi connectivity index (χ3v) is 4.96. The minimum atomic E-state index is -0.369. The van der Waals surface area contributed by atoms with Crippen molar-refractivity contribution < 1.29 is 19.1 Å². The summed E-state index contributed by atoms with van der Waals surface area (Å²) in [6, 6.07) is 7.01. The zero-order valence-electron chi connectivity index (χ0n) is 14.0. The number of esters is 1. The van der Waals surface area contributed by atoms with E-state index in [-0.39, 0.29) is 36.4 Å². The second-order valence-corrected chi connectivity index (χ2v) is 6.66. The smallest absolute Gasteiger partial charge is 0.348 e. The van der Waals surface area contributed by atoms with E-state index in [4.69, 9.17) is 9.47 Å². The molecular formula is C17H21ClN2O4S. The molecule has 1 aliphatic rings. The fourth-order valence-electron chi connectivity index (χ4n) is 2.67. The van der Waals surface area contributed by atoms with Crippen molar-refractivity contribution in [3.8, 4) is 0 Å².